The van der Waals surface area contributed by atoms with Gasteiger partial charge in [-0.05, 0) is 18.2 Å². The number of benzene rings is 1. The Balaban J connectivity index is 1.60. The first kappa shape index (κ1) is 15.5. The molecule has 7 nitrogen and oxygen atoms in total. The van der Waals surface area contributed by atoms with E-state index in [-0.39, 0.29) is 11.8 Å². The van der Waals surface area contributed by atoms with E-state index in [4.69, 9.17) is 4.74 Å². The van der Waals surface area contributed by atoms with E-state index in [1.54, 1.807) is 29.3 Å². The number of rotatable bonds is 4. The number of hydrogen-bond acceptors (Lipinski definition) is 4. The maximum atomic E-state index is 12.6. The number of fused-ring (bicyclic) bond motifs is 1. The van der Waals surface area contributed by atoms with E-state index < -0.39 is 0 Å². The van der Waals surface area contributed by atoms with Crippen LogP contribution in [0, 0.1) is 0 Å². The molecule has 1 aromatic heterocycles. The number of aromatic amines is 1. The van der Waals surface area contributed by atoms with E-state index >= 15 is 0 Å². The fourth-order valence-electron chi connectivity index (χ4n) is 2.76. The van der Waals surface area contributed by atoms with Gasteiger partial charge in [0, 0.05) is 38.9 Å². The van der Waals surface area contributed by atoms with Crippen LogP contribution in [0.3, 0.4) is 0 Å². The second-order valence-electron chi connectivity index (χ2n) is 5.55. The molecule has 122 valence electrons. The zero-order valence-electron chi connectivity index (χ0n) is 13.1. The van der Waals surface area contributed by atoms with Crippen LogP contribution >= 0.6 is 0 Å². The Morgan fingerprint density at radius 1 is 1.22 bits per heavy atom. The Bertz CT molecular complexity index is 704. The largest absolute Gasteiger partial charge is 0.384 e. The number of methoxy groups -OCH3 is 1. The van der Waals surface area contributed by atoms with E-state index in [1.807, 2.05) is 12.1 Å². The highest BCUT2D eigenvalue weighted by Gasteiger charge is 2.24. The van der Waals surface area contributed by atoms with Gasteiger partial charge < -0.3 is 19.5 Å². The van der Waals surface area contributed by atoms with Crippen molar-refractivity contribution in [2.45, 2.75) is 6.42 Å². The van der Waals surface area contributed by atoms with Crippen molar-refractivity contribution in [3.63, 3.8) is 0 Å². The summed E-state index contributed by atoms with van der Waals surface area (Å²) >= 11 is 0. The molecule has 1 N–H and O–H groups in total. The normalized spacial score (nSPS) is 15.2. The van der Waals surface area contributed by atoms with Gasteiger partial charge in [-0.2, -0.15) is 0 Å². The Hall–Kier alpha value is -2.41. The number of hydrogen-bond donors (Lipinski definition) is 1. The Labute approximate surface area is 134 Å². The van der Waals surface area contributed by atoms with Crippen LogP contribution < -0.4 is 0 Å². The molecular formula is C16H20N4O3. The molecule has 23 heavy (non-hydrogen) atoms. The van der Waals surface area contributed by atoms with Crippen LogP contribution in [0.25, 0.3) is 11.0 Å². The predicted molar refractivity (Wildman–Crippen MR) is 85.1 cm³/mol. The summed E-state index contributed by atoms with van der Waals surface area (Å²) in [5.41, 5.74) is 2.33. The number of nitrogens with one attached hydrogen (secondary N) is 1. The molecule has 0 saturated carbocycles. The summed E-state index contributed by atoms with van der Waals surface area (Å²) in [6.45, 7) is 2.68. The summed E-state index contributed by atoms with van der Waals surface area (Å²) in [5.74, 6) is 0.0725. The van der Waals surface area contributed by atoms with E-state index in [2.05, 4.69) is 9.97 Å². The lowest BCUT2D eigenvalue weighted by Crippen LogP contribution is -2.50. The molecule has 2 heterocycles. The average molecular weight is 316 g/mol. The van der Waals surface area contributed by atoms with Gasteiger partial charge in [0.15, 0.2) is 0 Å². The molecule has 3 rings (SSSR count). The van der Waals surface area contributed by atoms with Crippen molar-refractivity contribution in [2.24, 2.45) is 0 Å². The maximum absolute atomic E-state index is 12.6. The number of imidazole rings is 1. The molecule has 0 spiro atoms. The van der Waals surface area contributed by atoms with Crippen molar-refractivity contribution in [3.05, 3.63) is 30.1 Å². The quantitative estimate of drug-likeness (QED) is 0.908. The smallest absolute Gasteiger partial charge is 0.254 e. The number of ether oxygens (including phenoxy) is 1. The highest BCUT2D eigenvalue weighted by molar-refractivity contribution is 5.97. The molecule has 1 saturated heterocycles. The van der Waals surface area contributed by atoms with Gasteiger partial charge in [-0.15, -0.1) is 0 Å². The van der Waals surface area contributed by atoms with Crippen molar-refractivity contribution in [3.8, 4) is 0 Å². The fraction of sp³-hybridized carbons (Fsp3) is 0.438. The molecule has 1 aromatic carbocycles. The lowest BCUT2D eigenvalue weighted by molar-refractivity contribution is -0.133. The minimum Gasteiger partial charge on any atom is -0.384 e. The Kier molecular flexibility index (Phi) is 4.57. The van der Waals surface area contributed by atoms with Gasteiger partial charge in [-0.3, -0.25) is 9.59 Å². The van der Waals surface area contributed by atoms with Crippen LogP contribution in [0.15, 0.2) is 24.5 Å². The summed E-state index contributed by atoms with van der Waals surface area (Å²) in [7, 11) is 1.58. The van der Waals surface area contributed by atoms with Crippen LogP contribution in [0.2, 0.25) is 0 Å². The van der Waals surface area contributed by atoms with Crippen molar-refractivity contribution < 1.29 is 14.3 Å². The topological polar surface area (TPSA) is 78.5 Å². The maximum Gasteiger partial charge on any atom is 0.254 e. The van der Waals surface area contributed by atoms with Gasteiger partial charge in [0.2, 0.25) is 5.91 Å². The third-order valence-corrected chi connectivity index (χ3v) is 4.11. The van der Waals surface area contributed by atoms with E-state index in [0.29, 0.717) is 44.8 Å². The third kappa shape index (κ3) is 3.34. The minimum absolute atomic E-state index is 0.00881. The first-order valence-corrected chi connectivity index (χ1v) is 7.68. The Morgan fingerprint density at radius 2 is 1.96 bits per heavy atom. The highest BCUT2D eigenvalue weighted by atomic mass is 16.5. The van der Waals surface area contributed by atoms with Crippen LogP contribution in [-0.2, 0) is 9.53 Å². The van der Waals surface area contributed by atoms with E-state index in [9.17, 15) is 9.59 Å². The molecule has 0 bridgehead atoms. The van der Waals surface area contributed by atoms with Gasteiger partial charge in [0.05, 0.1) is 30.4 Å². The lowest BCUT2D eigenvalue weighted by Gasteiger charge is -2.34. The number of amides is 2. The number of piperazine rings is 1. The summed E-state index contributed by atoms with van der Waals surface area (Å²) < 4.78 is 4.93. The number of aromatic nitrogens is 2. The number of carbonyl (C=O) groups excluding carboxylic acids is 2. The first-order valence-electron chi connectivity index (χ1n) is 7.68. The van der Waals surface area contributed by atoms with E-state index in [1.165, 1.54) is 0 Å². The number of H-pyrrole nitrogens is 1. The van der Waals surface area contributed by atoms with Gasteiger partial charge >= 0.3 is 0 Å². The average Bonchev–Trinajstić information content (AvgIpc) is 3.06. The second-order valence-corrected chi connectivity index (χ2v) is 5.55. The molecule has 0 aliphatic carbocycles. The fourth-order valence-corrected chi connectivity index (χ4v) is 2.76. The van der Waals surface area contributed by atoms with Crippen molar-refractivity contribution in [1.82, 2.24) is 19.8 Å². The van der Waals surface area contributed by atoms with Gasteiger partial charge in [0.1, 0.15) is 0 Å². The second kappa shape index (κ2) is 6.78. The lowest BCUT2D eigenvalue weighted by atomic mass is 10.1. The monoisotopic (exact) mass is 316 g/mol. The molecule has 0 unspecified atom stereocenters. The van der Waals surface area contributed by atoms with Crippen molar-refractivity contribution in [1.29, 1.82) is 0 Å². The van der Waals surface area contributed by atoms with Crippen molar-refractivity contribution >= 4 is 22.8 Å². The molecule has 0 atom stereocenters. The molecule has 7 heteroatoms. The minimum atomic E-state index is -0.00881. The Morgan fingerprint density at radius 3 is 2.70 bits per heavy atom. The zero-order valence-corrected chi connectivity index (χ0v) is 13.1. The molecule has 2 amide bonds. The number of carbonyl (C=O) groups is 2. The molecule has 1 fully saturated rings. The highest BCUT2D eigenvalue weighted by Crippen LogP contribution is 2.15. The third-order valence-electron chi connectivity index (χ3n) is 4.11. The van der Waals surface area contributed by atoms with Crippen LogP contribution in [0.4, 0.5) is 0 Å². The SMILES string of the molecule is COCCC(=O)N1CCN(C(=O)c2ccc3nc[nH]c3c2)CC1. The first-order chi connectivity index (χ1) is 11.2. The van der Waals surface area contributed by atoms with E-state index in [0.717, 1.165) is 11.0 Å². The zero-order chi connectivity index (χ0) is 16.2. The van der Waals surface area contributed by atoms with Crippen LogP contribution in [0.1, 0.15) is 16.8 Å². The van der Waals surface area contributed by atoms with Gasteiger partial charge in [-0.1, -0.05) is 0 Å². The molecule has 0 radical (unpaired) electrons. The van der Waals surface area contributed by atoms with Crippen LogP contribution in [-0.4, -0.2) is 71.5 Å². The molecular weight excluding hydrogens is 296 g/mol. The van der Waals surface area contributed by atoms with Crippen molar-refractivity contribution in [2.75, 3.05) is 39.9 Å². The summed E-state index contributed by atoms with van der Waals surface area (Å²) in [6.07, 6.45) is 2.00. The summed E-state index contributed by atoms with van der Waals surface area (Å²) in [5, 5.41) is 0. The predicted octanol–water partition coefficient (Wildman–Crippen LogP) is 0.884. The summed E-state index contributed by atoms with van der Waals surface area (Å²) in [6, 6.07) is 5.45. The van der Waals surface area contributed by atoms with Gasteiger partial charge in [-0.25, -0.2) is 4.98 Å². The number of nitrogens with zero attached hydrogens (tertiary/aromatic N) is 3. The molecule has 2 aromatic rings. The van der Waals surface area contributed by atoms with Gasteiger partial charge in [0.25, 0.3) is 5.91 Å². The molecule has 1 aliphatic rings. The van der Waals surface area contributed by atoms with Crippen LogP contribution in [0.5, 0.6) is 0 Å². The summed E-state index contributed by atoms with van der Waals surface area (Å²) in [4.78, 5) is 35.3. The standard InChI is InChI=1S/C16H20N4O3/c1-23-9-4-15(21)19-5-7-20(8-6-19)16(22)12-2-3-13-14(10-12)18-11-17-13/h2-3,10-11H,4-9H2,1H3,(H,17,18). The molecule has 1 aliphatic heterocycles.